The fourth-order valence-electron chi connectivity index (χ4n) is 1.41. The van der Waals surface area contributed by atoms with E-state index in [-0.39, 0.29) is 0 Å². The summed E-state index contributed by atoms with van der Waals surface area (Å²) in [7, 11) is 0. The molecule has 1 aliphatic carbocycles. The molecular formula is C13H19Ru. The van der Waals surface area contributed by atoms with Crippen LogP contribution in [0.3, 0.4) is 0 Å². The standard InChI is InChI=1S/C7H11.C5H5.CH3.Ru/c1-6(2)5-7(3)4;1-2-4-5-3-1;;/h1,5H,2-4H3;1-3H,4H2;1H3;. The van der Waals surface area contributed by atoms with Crippen molar-refractivity contribution in [1.82, 2.24) is 0 Å². The van der Waals surface area contributed by atoms with E-state index in [0.29, 0.717) is 0 Å². The summed E-state index contributed by atoms with van der Waals surface area (Å²) in [5, 5.41) is 0. The van der Waals surface area contributed by atoms with Crippen LogP contribution in [-0.2, 0) is 16.0 Å². The van der Waals surface area contributed by atoms with Gasteiger partial charge in [0.05, 0.1) is 0 Å². The third-order valence-electron chi connectivity index (χ3n) is 1.91. The Hall–Kier alpha value is -0.417. The van der Waals surface area contributed by atoms with E-state index in [1.54, 1.807) is 4.17 Å². The van der Waals surface area contributed by atoms with E-state index >= 15 is 0 Å². The molecule has 0 nitrogen and oxygen atoms in total. The zero-order valence-corrected chi connectivity index (χ0v) is 11.2. The quantitative estimate of drug-likeness (QED) is 0.530. The molecule has 0 aliphatic heterocycles. The zero-order chi connectivity index (χ0) is 10.6. The Morgan fingerprint density at radius 3 is 2.57 bits per heavy atom. The normalized spacial score (nSPS) is 16.7. The van der Waals surface area contributed by atoms with Crippen molar-refractivity contribution in [3.8, 4) is 0 Å². The van der Waals surface area contributed by atoms with Crippen LogP contribution in [0.4, 0.5) is 0 Å². The Labute approximate surface area is 93.0 Å². The first kappa shape index (κ1) is 11.7. The van der Waals surface area contributed by atoms with Crippen molar-refractivity contribution >= 4 is 0 Å². The number of hydrogen-bond donors (Lipinski definition) is 0. The van der Waals surface area contributed by atoms with Crippen LogP contribution in [0.5, 0.6) is 0 Å². The van der Waals surface area contributed by atoms with Crippen LogP contribution in [0.15, 0.2) is 44.3 Å². The fourth-order valence-corrected chi connectivity index (χ4v) is 4.46. The Balaban J connectivity index is 2.63. The van der Waals surface area contributed by atoms with Crippen molar-refractivity contribution in [2.24, 2.45) is 0 Å². The van der Waals surface area contributed by atoms with Crippen LogP contribution in [-0.4, -0.2) is 0 Å². The molecule has 0 saturated carbocycles. The number of hydrogen-bond acceptors (Lipinski definition) is 0. The summed E-state index contributed by atoms with van der Waals surface area (Å²) in [6, 6.07) is 0. The number of rotatable bonds is 3. The molecule has 0 radical (unpaired) electrons. The van der Waals surface area contributed by atoms with E-state index in [9.17, 15) is 0 Å². The summed E-state index contributed by atoms with van der Waals surface area (Å²) in [6.07, 6.45) is 10.2. The van der Waals surface area contributed by atoms with Crippen LogP contribution >= 0.6 is 0 Å². The first-order chi connectivity index (χ1) is 6.59. The van der Waals surface area contributed by atoms with Gasteiger partial charge in [-0.15, -0.1) is 0 Å². The van der Waals surface area contributed by atoms with Gasteiger partial charge in [0.2, 0.25) is 0 Å². The van der Waals surface area contributed by atoms with Gasteiger partial charge >= 0.3 is 92.9 Å². The summed E-state index contributed by atoms with van der Waals surface area (Å²) < 4.78 is 4.15. The SMILES string of the molecule is CC(C)=CC(C)=[CH][Ru]([CH3])[C]1=CC=CC1. The third-order valence-corrected chi connectivity index (χ3v) is 5.85. The van der Waals surface area contributed by atoms with Crippen molar-refractivity contribution in [3.63, 3.8) is 0 Å². The van der Waals surface area contributed by atoms with Gasteiger partial charge in [-0.3, -0.25) is 0 Å². The molecule has 1 aliphatic rings. The third kappa shape index (κ3) is 3.76. The van der Waals surface area contributed by atoms with E-state index in [1.165, 1.54) is 17.6 Å². The zero-order valence-electron chi connectivity index (χ0n) is 9.45. The Morgan fingerprint density at radius 1 is 1.36 bits per heavy atom. The molecule has 0 aromatic rings. The van der Waals surface area contributed by atoms with Crippen molar-refractivity contribution < 1.29 is 16.0 Å². The second-order valence-electron chi connectivity index (χ2n) is 3.78. The van der Waals surface area contributed by atoms with Gasteiger partial charge in [0.15, 0.2) is 0 Å². The average Bonchev–Trinajstić information content (AvgIpc) is 2.53. The molecule has 0 bridgehead atoms. The molecule has 0 saturated heterocycles. The second kappa shape index (κ2) is 5.46. The Bertz CT molecular complexity index is 312. The molecule has 0 fully saturated rings. The second-order valence-corrected chi connectivity index (χ2v) is 7.77. The fraction of sp³-hybridized carbons (Fsp3) is 0.385. The van der Waals surface area contributed by atoms with Crippen LogP contribution in [0.25, 0.3) is 0 Å². The van der Waals surface area contributed by atoms with Crippen LogP contribution in [0.2, 0.25) is 5.52 Å². The molecule has 0 unspecified atom stereocenters. The summed E-state index contributed by atoms with van der Waals surface area (Å²) in [5.41, 5.74) is 5.23. The van der Waals surface area contributed by atoms with Crippen LogP contribution < -0.4 is 0 Å². The van der Waals surface area contributed by atoms with Crippen molar-refractivity contribution in [3.05, 3.63) is 44.3 Å². The molecule has 14 heavy (non-hydrogen) atoms. The number of allylic oxidation sites excluding steroid dienone is 7. The van der Waals surface area contributed by atoms with Crippen molar-refractivity contribution in [1.29, 1.82) is 0 Å². The predicted molar refractivity (Wildman–Crippen MR) is 60.9 cm³/mol. The van der Waals surface area contributed by atoms with Crippen LogP contribution in [0, 0.1) is 0 Å². The molecule has 0 aromatic carbocycles. The summed E-state index contributed by atoms with van der Waals surface area (Å²) in [6.45, 7) is 6.52. The molecule has 0 amide bonds. The summed E-state index contributed by atoms with van der Waals surface area (Å²) in [5.74, 6) is 0. The minimum absolute atomic E-state index is 0.823. The van der Waals surface area contributed by atoms with Gasteiger partial charge in [-0.2, -0.15) is 0 Å². The summed E-state index contributed by atoms with van der Waals surface area (Å²) in [4.78, 5) is 0. The van der Waals surface area contributed by atoms with Crippen molar-refractivity contribution in [2.45, 2.75) is 32.7 Å². The van der Waals surface area contributed by atoms with E-state index < -0.39 is 16.0 Å². The van der Waals surface area contributed by atoms with E-state index in [2.05, 4.69) is 55.3 Å². The molecule has 1 rings (SSSR count). The molecule has 79 valence electrons. The van der Waals surface area contributed by atoms with Gasteiger partial charge in [0.25, 0.3) is 0 Å². The van der Waals surface area contributed by atoms with E-state index in [1.807, 2.05) is 0 Å². The van der Waals surface area contributed by atoms with Gasteiger partial charge in [-0.05, 0) is 0 Å². The van der Waals surface area contributed by atoms with Crippen LogP contribution in [0.1, 0.15) is 27.2 Å². The predicted octanol–water partition coefficient (Wildman–Crippen LogP) is 4.37. The van der Waals surface area contributed by atoms with Gasteiger partial charge < -0.3 is 0 Å². The molecule has 0 N–H and O–H groups in total. The first-order valence-corrected chi connectivity index (χ1v) is 8.43. The van der Waals surface area contributed by atoms with Gasteiger partial charge in [0, 0.05) is 0 Å². The molecule has 0 aromatic heterocycles. The van der Waals surface area contributed by atoms with E-state index in [0.717, 1.165) is 0 Å². The maximum absolute atomic E-state index is 2.48. The molecule has 1 heteroatoms. The topological polar surface area (TPSA) is 0 Å². The average molecular weight is 276 g/mol. The molecular weight excluding hydrogens is 257 g/mol. The summed E-state index contributed by atoms with van der Waals surface area (Å²) >= 11 is -0.823. The molecule has 0 spiro atoms. The molecule has 0 heterocycles. The molecule has 0 atom stereocenters. The Morgan fingerprint density at radius 2 is 2.07 bits per heavy atom. The van der Waals surface area contributed by atoms with E-state index in [4.69, 9.17) is 0 Å². The first-order valence-electron chi connectivity index (χ1n) is 4.82. The van der Waals surface area contributed by atoms with Gasteiger partial charge in [0.1, 0.15) is 0 Å². The van der Waals surface area contributed by atoms with Crippen molar-refractivity contribution in [2.75, 3.05) is 0 Å². The minimum atomic E-state index is -0.823. The monoisotopic (exact) mass is 277 g/mol. The maximum atomic E-state index is 2.48. The van der Waals surface area contributed by atoms with Gasteiger partial charge in [-0.25, -0.2) is 0 Å². The van der Waals surface area contributed by atoms with Gasteiger partial charge in [-0.1, -0.05) is 0 Å². The Kier molecular flexibility index (Phi) is 4.55.